The maximum atomic E-state index is 14.2. The third kappa shape index (κ3) is 2.83. The maximum absolute atomic E-state index is 14.2. The van der Waals surface area contributed by atoms with Gasteiger partial charge >= 0.3 is 5.97 Å². The molecule has 0 N–H and O–H groups in total. The lowest BCUT2D eigenvalue weighted by atomic mass is 10.0. The number of hydrogen-bond acceptors (Lipinski definition) is 3. The third-order valence-corrected chi connectivity index (χ3v) is 3.34. The van der Waals surface area contributed by atoms with Crippen LogP contribution in [0.4, 0.5) is 13.2 Å². The quantitative estimate of drug-likeness (QED) is 0.628. The van der Waals surface area contributed by atoms with E-state index in [9.17, 15) is 22.8 Å². The van der Waals surface area contributed by atoms with Gasteiger partial charge in [0.05, 0.1) is 17.5 Å². The fourth-order valence-corrected chi connectivity index (χ4v) is 2.27. The van der Waals surface area contributed by atoms with Crippen LogP contribution in [-0.2, 0) is 10.3 Å². The minimum atomic E-state index is -1.67. The minimum Gasteiger partial charge on any atom is -0.462 e. The standard InChI is InChI=1S/C16H16F3NO3/c1-5-23-15(22)9-7-20(16(2,3)4)13-8(14(9)21)6-10(17)11(18)12(13)19/h6-7H,5H2,1-4H3. The predicted octanol–water partition coefficient (Wildman–Crippen LogP) is 3.35. The molecule has 0 radical (unpaired) electrons. The Balaban J connectivity index is 3.01. The van der Waals surface area contributed by atoms with Gasteiger partial charge < -0.3 is 9.30 Å². The number of benzene rings is 1. The zero-order valence-electron chi connectivity index (χ0n) is 13.2. The summed E-state index contributed by atoms with van der Waals surface area (Å²) in [4.78, 5) is 24.3. The van der Waals surface area contributed by atoms with Crippen molar-refractivity contribution in [3.05, 3.63) is 45.5 Å². The van der Waals surface area contributed by atoms with Crippen LogP contribution in [0.15, 0.2) is 17.1 Å². The first-order valence-corrected chi connectivity index (χ1v) is 7.00. The van der Waals surface area contributed by atoms with Crippen molar-refractivity contribution in [2.75, 3.05) is 6.61 Å². The number of carbonyl (C=O) groups excluding carboxylic acids is 1. The molecule has 7 heteroatoms. The Bertz CT molecular complexity index is 850. The van der Waals surface area contributed by atoms with Crippen molar-refractivity contribution < 1.29 is 22.7 Å². The average Bonchev–Trinajstić information content (AvgIpc) is 2.45. The van der Waals surface area contributed by atoms with Gasteiger partial charge in [-0.15, -0.1) is 0 Å². The van der Waals surface area contributed by atoms with E-state index in [0.717, 1.165) is 6.20 Å². The number of fused-ring (bicyclic) bond motifs is 1. The van der Waals surface area contributed by atoms with Crippen LogP contribution in [0.1, 0.15) is 38.1 Å². The van der Waals surface area contributed by atoms with E-state index in [2.05, 4.69) is 0 Å². The molecule has 1 heterocycles. The molecule has 1 aromatic heterocycles. The summed E-state index contributed by atoms with van der Waals surface area (Å²) in [6.07, 6.45) is 1.11. The largest absolute Gasteiger partial charge is 0.462 e. The molecule has 0 aliphatic heterocycles. The van der Waals surface area contributed by atoms with Crippen molar-refractivity contribution in [1.29, 1.82) is 0 Å². The number of halogens is 3. The second-order valence-electron chi connectivity index (χ2n) is 6.02. The molecule has 0 bridgehead atoms. The Labute approximate surface area is 130 Å². The van der Waals surface area contributed by atoms with Gasteiger partial charge in [-0.25, -0.2) is 18.0 Å². The van der Waals surface area contributed by atoms with Gasteiger partial charge in [0.2, 0.25) is 5.43 Å². The molecule has 0 unspecified atom stereocenters. The smallest absolute Gasteiger partial charge is 0.343 e. The molecule has 23 heavy (non-hydrogen) atoms. The molecular formula is C16H16F3NO3. The molecule has 0 amide bonds. The van der Waals surface area contributed by atoms with Crippen LogP contribution in [0.5, 0.6) is 0 Å². The van der Waals surface area contributed by atoms with E-state index in [0.29, 0.717) is 6.07 Å². The lowest BCUT2D eigenvalue weighted by Crippen LogP contribution is -2.29. The van der Waals surface area contributed by atoms with Crippen molar-refractivity contribution in [2.24, 2.45) is 0 Å². The first-order valence-electron chi connectivity index (χ1n) is 7.00. The fraction of sp³-hybridized carbons (Fsp3) is 0.375. The van der Waals surface area contributed by atoms with Gasteiger partial charge in [0.15, 0.2) is 17.5 Å². The summed E-state index contributed by atoms with van der Waals surface area (Å²) in [7, 11) is 0. The first-order chi connectivity index (χ1) is 10.6. The molecule has 2 rings (SSSR count). The van der Waals surface area contributed by atoms with Crippen molar-refractivity contribution >= 4 is 16.9 Å². The van der Waals surface area contributed by atoms with Crippen LogP contribution < -0.4 is 5.43 Å². The topological polar surface area (TPSA) is 48.3 Å². The van der Waals surface area contributed by atoms with E-state index in [4.69, 9.17) is 4.74 Å². The van der Waals surface area contributed by atoms with Crippen molar-refractivity contribution in [2.45, 2.75) is 33.2 Å². The normalized spacial score (nSPS) is 11.8. The van der Waals surface area contributed by atoms with E-state index >= 15 is 0 Å². The lowest BCUT2D eigenvalue weighted by molar-refractivity contribution is 0.0524. The molecule has 0 fully saturated rings. The number of esters is 1. The second kappa shape index (κ2) is 5.72. The molecule has 2 aromatic rings. The molecule has 0 saturated carbocycles. The van der Waals surface area contributed by atoms with Crippen molar-refractivity contribution in [3.8, 4) is 0 Å². The van der Waals surface area contributed by atoms with Gasteiger partial charge in [-0.1, -0.05) is 0 Å². The number of ether oxygens (including phenoxy) is 1. The van der Waals surface area contributed by atoms with Crippen molar-refractivity contribution in [1.82, 2.24) is 4.57 Å². The molecule has 0 spiro atoms. The summed E-state index contributed by atoms with van der Waals surface area (Å²) in [6, 6.07) is 0.598. The third-order valence-electron chi connectivity index (χ3n) is 3.34. The Kier molecular flexibility index (Phi) is 4.24. The average molecular weight is 327 g/mol. The van der Waals surface area contributed by atoms with Crippen LogP contribution >= 0.6 is 0 Å². The molecule has 4 nitrogen and oxygen atoms in total. The van der Waals surface area contributed by atoms with E-state index < -0.39 is 45.3 Å². The highest BCUT2D eigenvalue weighted by Crippen LogP contribution is 2.26. The van der Waals surface area contributed by atoms with Gasteiger partial charge in [-0.2, -0.15) is 0 Å². The van der Waals surface area contributed by atoms with Gasteiger partial charge in [-0.05, 0) is 33.8 Å². The van der Waals surface area contributed by atoms with E-state index in [1.165, 1.54) is 4.57 Å². The number of pyridine rings is 1. The van der Waals surface area contributed by atoms with E-state index in [1.807, 2.05) is 0 Å². The molecule has 0 atom stereocenters. The van der Waals surface area contributed by atoms with Gasteiger partial charge in [0, 0.05) is 11.7 Å². The minimum absolute atomic E-state index is 0.0397. The van der Waals surface area contributed by atoms with Crippen molar-refractivity contribution in [3.63, 3.8) is 0 Å². The van der Waals surface area contributed by atoms with Crippen LogP contribution in [0.2, 0.25) is 0 Å². The summed E-state index contributed by atoms with van der Waals surface area (Å²) < 4.78 is 47.3. The second-order valence-corrected chi connectivity index (χ2v) is 6.02. The van der Waals surface area contributed by atoms with Gasteiger partial charge in [-0.3, -0.25) is 4.79 Å². The highest BCUT2D eigenvalue weighted by molar-refractivity contribution is 5.94. The highest BCUT2D eigenvalue weighted by atomic mass is 19.2. The predicted molar refractivity (Wildman–Crippen MR) is 79.0 cm³/mol. The molecule has 0 saturated heterocycles. The number of rotatable bonds is 2. The Hall–Kier alpha value is -2.31. The number of nitrogens with zero attached hydrogens (tertiary/aromatic N) is 1. The summed E-state index contributed by atoms with van der Waals surface area (Å²) >= 11 is 0. The van der Waals surface area contributed by atoms with Gasteiger partial charge in [0.1, 0.15) is 5.56 Å². The zero-order chi connectivity index (χ0) is 17.5. The molecular weight excluding hydrogens is 311 g/mol. The van der Waals surface area contributed by atoms with Gasteiger partial charge in [0.25, 0.3) is 0 Å². The SMILES string of the molecule is CCOC(=O)c1cn(C(C)(C)C)c2c(F)c(F)c(F)cc2c1=O. The van der Waals surface area contributed by atoms with E-state index in [1.54, 1.807) is 27.7 Å². The highest BCUT2D eigenvalue weighted by Gasteiger charge is 2.26. The van der Waals surface area contributed by atoms with Crippen LogP contribution in [0.3, 0.4) is 0 Å². The Morgan fingerprint density at radius 3 is 2.35 bits per heavy atom. The number of carbonyl (C=O) groups is 1. The molecule has 124 valence electrons. The van der Waals surface area contributed by atoms with Crippen LogP contribution in [0.25, 0.3) is 10.9 Å². The number of aromatic nitrogens is 1. The van der Waals surface area contributed by atoms with E-state index in [-0.39, 0.29) is 12.2 Å². The maximum Gasteiger partial charge on any atom is 0.343 e. The summed E-state index contributed by atoms with van der Waals surface area (Å²) in [5.74, 6) is -5.53. The Morgan fingerprint density at radius 2 is 1.83 bits per heavy atom. The zero-order valence-corrected chi connectivity index (χ0v) is 13.2. The number of hydrogen-bond donors (Lipinski definition) is 0. The first kappa shape index (κ1) is 17.1. The molecule has 1 aromatic carbocycles. The molecule has 0 aliphatic rings. The summed E-state index contributed by atoms with van der Waals surface area (Å²) in [5, 5.41) is -0.415. The fourth-order valence-electron chi connectivity index (χ4n) is 2.27. The van der Waals surface area contributed by atoms with Crippen LogP contribution in [0, 0.1) is 17.5 Å². The Morgan fingerprint density at radius 1 is 1.22 bits per heavy atom. The van der Waals surface area contributed by atoms with Crippen LogP contribution in [-0.4, -0.2) is 17.1 Å². The summed E-state index contributed by atoms with van der Waals surface area (Å²) in [6.45, 7) is 6.62. The monoisotopic (exact) mass is 327 g/mol. The summed E-state index contributed by atoms with van der Waals surface area (Å²) in [5.41, 5.74) is -2.45. The lowest BCUT2D eigenvalue weighted by Gasteiger charge is -2.26. The molecule has 0 aliphatic carbocycles.